The standard InChI is InChI=1S/C33H31ClF3N7O2S/c1-42-15-32(30(42)45)6-9-43(10-7-32)29-19-11-21(34)24(18-3-4-22(36)27-23(18)20(13-38)28(39)47-27)25(37)26(19)40-31(41-29)46-16-33-5-2-8-44(33)14-17(35)12-33/h3-4,11,17H,2,5-10,12,14-16,39H2,1H3/t17-,33+/m1/s1. The van der Waals surface area contributed by atoms with Crippen molar-refractivity contribution in [2.24, 2.45) is 5.41 Å². The van der Waals surface area contributed by atoms with E-state index in [-0.39, 0.29) is 60.8 Å². The van der Waals surface area contributed by atoms with Crippen molar-refractivity contribution in [2.45, 2.75) is 43.8 Å². The molecule has 6 heterocycles. The lowest BCUT2D eigenvalue weighted by atomic mass is 9.71. The minimum absolute atomic E-state index is 0.0276. The number of rotatable bonds is 5. The SMILES string of the molecule is CN1CC2(CCN(c3nc(OC[C@@]45CCCN4C[C@H](F)C5)nc4c(F)c(-c5ccc(F)c6sc(N)c(C#N)c56)c(Cl)cc34)CC2)C1=O. The zero-order valence-corrected chi connectivity index (χ0v) is 27.2. The summed E-state index contributed by atoms with van der Waals surface area (Å²) in [5.41, 5.74) is 5.35. The Labute approximate surface area is 277 Å². The van der Waals surface area contributed by atoms with Crippen molar-refractivity contribution in [3.63, 3.8) is 0 Å². The number of alkyl halides is 1. The molecule has 0 saturated carbocycles. The number of amides is 1. The molecule has 4 fully saturated rings. The maximum absolute atomic E-state index is 16.9. The third-order valence-electron chi connectivity index (χ3n) is 10.6. The summed E-state index contributed by atoms with van der Waals surface area (Å²) in [6, 6.07) is 6.14. The molecule has 2 aromatic carbocycles. The maximum atomic E-state index is 16.9. The number of piperidine rings is 1. The zero-order chi connectivity index (χ0) is 32.8. The largest absolute Gasteiger partial charge is 0.461 e. The van der Waals surface area contributed by atoms with Gasteiger partial charge in [-0.15, -0.1) is 11.3 Å². The van der Waals surface area contributed by atoms with Crippen molar-refractivity contribution in [3.05, 3.63) is 40.4 Å². The minimum Gasteiger partial charge on any atom is -0.461 e. The first-order chi connectivity index (χ1) is 22.5. The predicted molar refractivity (Wildman–Crippen MR) is 174 cm³/mol. The lowest BCUT2D eigenvalue weighted by molar-refractivity contribution is -0.159. The number of nitrogen functional groups attached to an aromatic ring is 1. The summed E-state index contributed by atoms with van der Waals surface area (Å²) in [7, 11) is 1.79. The molecule has 2 atom stereocenters. The van der Waals surface area contributed by atoms with E-state index in [4.69, 9.17) is 27.1 Å². The average molecular weight is 682 g/mol. The van der Waals surface area contributed by atoms with Gasteiger partial charge in [-0.25, -0.2) is 13.2 Å². The predicted octanol–water partition coefficient (Wildman–Crippen LogP) is 5.91. The summed E-state index contributed by atoms with van der Waals surface area (Å²) in [5.74, 6) is -0.810. The molecular formula is C33H31ClF3N7O2S. The van der Waals surface area contributed by atoms with Gasteiger partial charge in [-0.05, 0) is 49.9 Å². The van der Waals surface area contributed by atoms with Crippen molar-refractivity contribution in [1.82, 2.24) is 19.8 Å². The van der Waals surface area contributed by atoms with E-state index in [2.05, 4.69) is 9.88 Å². The number of hydrogen-bond donors (Lipinski definition) is 1. The lowest BCUT2D eigenvalue weighted by Crippen LogP contribution is -2.63. The Morgan fingerprint density at radius 1 is 1.21 bits per heavy atom. The molecule has 1 amide bonds. The first-order valence-corrected chi connectivity index (χ1v) is 16.9. The third kappa shape index (κ3) is 4.55. The molecule has 47 heavy (non-hydrogen) atoms. The smallest absolute Gasteiger partial charge is 0.319 e. The Bertz CT molecular complexity index is 2030. The highest BCUT2D eigenvalue weighted by atomic mass is 35.5. The molecule has 2 N–H and O–H groups in total. The molecule has 4 aromatic rings. The molecule has 244 valence electrons. The van der Waals surface area contributed by atoms with Crippen molar-refractivity contribution >= 4 is 60.7 Å². The van der Waals surface area contributed by atoms with Gasteiger partial charge in [0, 0.05) is 56.0 Å². The monoisotopic (exact) mass is 681 g/mol. The number of carbonyl (C=O) groups excluding carboxylic acids is 1. The highest BCUT2D eigenvalue weighted by molar-refractivity contribution is 7.23. The second-order valence-corrected chi connectivity index (χ2v) is 14.8. The Balaban J connectivity index is 1.25. The summed E-state index contributed by atoms with van der Waals surface area (Å²) in [6.07, 6.45) is 2.36. The summed E-state index contributed by atoms with van der Waals surface area (Å²) in [4.78, 5) is 27.9. The molecule has 1 spiro atoms. The van der Waals surface area contributed by atoms with Gasteiger partial charge in [-0.2, -0.15) is 15.2 Å². The van der Waals surface area contributed by atoms with Crippen LogP contribution < -0.4 is 15.4 Å². The number of hydrogen-bond acceptors (Lipinski definition) is 9. The van der Waals surface area contributed by atoms with E-state index in [1.807, 2.05) is 11.0 Å². The number of fused-ring (bicyclic) bond motifs is 3. The van der Waals surface area contributed by atoms with Crippen molar-refractivity contribution in [3.8, 4) is 23.2 Å². The van der Waals surface area contributed by atoms with E-state index in [0.717, 1.165) is 30.7 Å². The number of halogens is 4. The molecule has 8 rings (SSSR count). The Hall–Kier alpha value is -3.86. The molecule has 4 aliphatic heterocycles. The number of thiophene rings is 1. The fourth-order valence-electron chi connectivity index (χ4n) is 8.29. The van der Waals surface area contributed by atoms with Gasteiger partial charge < -0.3 is 20.3 Å². The molecule has 0 radical (unpaired) electrons. The van der Waals surface area contributed by atoms with Gasteiger partial charge in [-0.3, -0.25) is 9.69 Å². The van der Waals surface area contributed by atoms with Gasteiger partial charge >= 0.3 is 6.01 Å². The molecule has 2 aromatic heterocycles. The molecule has 4 aliphatic rings. The third-order valence-corrected chi connectivity index (χ3v) is 12.0. The number of nitriles is 1. The van der Waals surface area contributed by atoms with E-state index in [0.29, 0.717) is 56.6 Å². The highest BCUT2D eigenvalue weighted by Crippen LogP contribution is 2.47. The zero-order valence-electron chi connectivity index (χ0n) is 25.6. The van der Waals surface area contributed by atoms with Crippen LogP contribution in [0.1, 0.15) is 37.7 Å². The molecule has 4 saturated heterocycles. The van der Waals surface area contributed by atoms with E-state index < -0.39 is 28.8 Å². The maximum Gasteiger partial charge on any atom is 0.319 e. The van der Waals surface area contributed by atoms with Crippen LogP contribution in [0.15, 0.2) is 18.2 Å². The number of benzene rings is 2. The van der Waals surface area contributed by atoms with Crippen LogP contribution in [-0.2, 0) is 4.79 Å². The van der Waals surface area contributed by atoms with E-state index >= 15 is 4.39 Å². The molecule has 0 unspecified atom stereocenters. The topological polar surface area (TPSA) is 112 Å². The fraction of sp³-hybridized carbons (Fsp3) is 0.455. The minimum atomic E-state index is -0.944. The molecule has 0 bridgehead atoms. The summed E-state index contributed by atoms with van der Waals surface area (Å²) >= 11 is 7.74. The van der Waals surface area contributed by atoms with Crippen LogP contribution in [-0.4, -0.2) is 83.8 Å². The number of anilines is 2. The summed E-state index contributed by atoms with van der Waals surface area (Å²) < 4.78 is 52.6. The number of nitrogens with two attached hydrogens (primary N) is 1. The number of β-lactam (4-membered cyclic amide) rings is 1. The number of likely N-dealkylation sites (tertiary alicyclic amines) is 1. The number of nitrogens with zero attached hydrogens (tertiary/aromatic N) is 6. The first kappa shape index (κ1) is 30.5. The van der Waals surface area contributed by atoms with Crippen LogP contribution in [0, 0.1) is 28.4 Å². The first-order valence-electron chi connectivity index (χ1n) is 15.7. The molecule has 0 aliphatic carbocycles. The van der Waals surface area contributed by atoms with Gasteiger partial charge in [0.25, 0.3) is 0 Å². The highest BCUT2D eigenvalue weighted by Gasteiger charge is 2.52. The van der Waals surface area contributed by atoms with Gasteiger partial charge in [0.15, 0.2) is 5.82 Å². The molecule has 14 heteroatoms. The molecular weight excluding hydrogens is 651 g/mol. The quantitative estimate of drug-likeness (QED) is 0.259. The van der Waals surface area contributed by atoms with Crippen molar-refractivity contribution in [1.29, 1.82) is 5.26 Å². The molecule has 9 nitrogen and oxygen atoms in total. The Morgan fingerprint density at radius 2 is 2.00 bits per heavy atom. The van der Waals surface area contributed by atoms with Crippen LogP contribution in [0.2, 0.25) is 5.02 Å². The average Bonchev–Trinajstić information content (AvgIpc) is 3.70. The normalized spacial score (nSPS) is 23.9. The number of aromatic nitrogens is 2. The van der Waals surface area contributed by atoms with E-state index in [9.17, 15) is 18.8 Å². The lowest BCUT2D eigenvalue weighted by Gasteiger charge is -2.51. The summed E-state index contributed by atoms with van der Waals surface area (Å²) in [5, 5.41) is 10.5. The van der Waals surface area contributed by atoms with Crippen molar-refractivity contribution in [2.75, 3.05) is 57.0 Å². The van der Waals surface area contributed by atoms with Gasteiger partial charge in [0.1, 0.15) is 41.0 Å². The van der Waals surface area contributed by atoms with Gasteiger partial charge in [-0.1, -0.05) is 17.7 Å². The van der Waals surface area contributed by atoms with Crippen LogP contribution in [0.5, 0.6) is 6.01 Å². The van der Waals surface area contributed by atoms with Crippen molar-refractivity contribution < 1.29 is 22.7 Å². The second kappa shape index (κ2) is 10.8. The van der Waals surface area contributed by atoms with Crippen LogP contribution >= 0.6 is 22.9 Å². The number of ether oxygens (including phenoxy) is 1. The summed E-state index contributed by atoms with van der Waals surface area (Å²) in [6.45, 7) is 3.01. The van der Waals surface area contributed by atoms with Crippen LogP contribution in [0.4, 0.5) is 24.0 Å². The fourth-order valence-corrected chi connectivity index (χ4v) is 9.54. The van der Waals surface area contributed by atoms with Gasteiger partial charge in [0.05, 0.1) is 26.2 Å². The Kier molecular flexibility index (Phi) is 7.02. The number of carbonyl (C=O) groups is 1. The second-order valence-electron chi connectivity index (χ2n) is 13.3. The van der Waals surface area contributed by atoms with E-state index in [1.165, 1.54) is 12.1 Å². The Morgan fingerprint density at radius 3 is 2.72 bits per heavy atom. The van der Waals surface area contributed by atoms with E-state index in [1.54, 1.807) is 18.0 Å². The van der Waals surface area contributed by atoms with Crippen LogP contribution in [0.3, 0.4) is 0 Å². The van der Waals surface area contributed by atoms with Gasteiger partial charge in [0.2, 0.25) is 5.91 Å². The van der Waals surface area contributed by atoms with Crippen LogP contribution in [0.25, 0.3) is 32.1 Å².